The van der Waals surface area contributed by atoms with Crippen molar-refractivity contribution in [2.75, 3.05) is 19.7 Å². The fourth-order valence-electron chi connectivity index (χ4n) is 2.58. The van der Waals surface area contributed by atoms with Crippen LogP contribution in [0.1, 0.15) is 32.3 Å². The third-order valence-corrected chi connectivity index (χ3v) is 4.10. The maximum absolute atomic E-state index is 12.1. The molecular weight excluding hydrogens is 344 g/mol. The molecule has 1 saturated heterocycles. The highest BCUT2D eigenvalue weighted by atomic mass is 16.7. The summed E-state index contributed by atoms with van der Waals surface area (Å²) in [6.45, 7) is 8.83. The number of rotatable bonds is 9. The van der Waals surface area contributed by atoms with Gasteiger partial charge in [-0.05, 0) is 38.3 Å². The van der Waals surface area contributed by atoms with Crippen LogP contribution in [0.3, 0.4) is 0 Å². The molecule has 1 heterocycles. The molecule has 27 heavy (non-hydrogen) atoms. The van der Waals surface area contributed by atoms with Gasteiger partial charge in [0.1, 0.15) is 6.10 Å². The zero-order valence-electron chi connectivity index (χ0n) is 16.0. The van der Waals surface area contributed by atoms with Crippen molar-refractivity contribution in [3.63, 3.8) is 0 Å². The highest BCUT2D eigenvalue weighted by molar-refractivity contribution is 5.93. The first kappa shape index (κ1) is 20.9. The second-order valence-corrected chi connectivity index (χ2v) is 6.84. The molecule has 0 bridgehead atoms. The molecule has 2 N–H and O–H groups in total. The molecule has 0 radical (unpaired) electrons. The van der Waals surface area contributed by atoms with Crippen molar-refractivity contribution in [1.82, 2.24) is 10.6 Å². The highest BCUT2D eigenvalue weighted by Gasteiger charge is 2.35. The van der Waals surface area contributed by atoms with Crippen LogP contribution in [0.2, 0.25) is 0 Å². The molecule has 0 aliphatic carbocycles. The summed E-state index contributed by atoms with van der Waals surface area (Å²) in [5.74, 6) is -1.03. The second-order valence-electron chi connectivity index (χ2n) is 6.84. The van der Waals surface area contributed by atoms with E-state index in [1.165, 1.54) is 6.08 Å². The molecule has 0 aromatic heterocycles. The predicted octanol–water partition coefficient (Wildman–Crippen LogP) is 2.42. The third-order valence-electron chi connectivity index (χ3n) is 4.10. The van der Waals surface area contributed by atoms with E-state index < -0.39 is 11.9 Å². The van der Waals surface area contributed by atoms with Crippen LogP contribution in [-0.2, 0) is 19.1 Å². The molecule has 1 aliphatic rings. The van der Waals surface area contributed by atoms with Gasteiger partial charge in [0.25, 0.3) is 0 Å². The van der Waals surface area contributed by atoms with Gasteiger partial charge in [0.15, 0.2) is 5.79 Å². The largest absolute Gasteiger partial charge is 0.353 e. The summed E-state index contributed by atoms with van der Waals surface area (Å²) in [6.07, 6.45) is 4.42. The van der Waals surface area contributed by atoms with Crippen LogP contribution in [0.5, 0.6) is 0 Å². The number of hydrogen-bond donors (Lipinski definition) is 2. The van der Waals surface area contributed by atoms with Crippen LogP contribution in [0.25, 0.3) is 6.08 Å². The Bertz CT molecular complexity index is 683. The van der Waals surface area contributed by atoms with Gasteiger partial charge in [0.2, 0.25) is 11.8 Å². The molecule has 0 saturated carbocycles. The van der Waals surface area contributed by atoms with Crippen LogP contribution in [0.4, 0.5) is 0 Å². The monoisotopic (exact) mass is 372 g/mol. The molecule has 2 amide bonds. The van der Waals surface area contributed by atoms with Gasteiger partial charge in [-0.3, -0.25) is 9.59 Å². The van der Waals surface area contributed by atoms with E-state index in [0.717, 1.165) is 18.4 Å². The maximum atomic E-state index is 12.1. The summed E-state index contributed by atoms with van der Waals surface area (Å²) in [7, 11) is 0. The van der Waals surface area contributed by atoms with Crippen molar-refractivity contribution < 1.29 is 19.1 Å². The Kier molecular flexibility index (Phi) is 7.76. The average Bonchev–Trinajstić information content (AvgIpc) is 3.02. The molecule has 0 spiro atoms. The molecule has 6 nitrogen and oxygen atoms in total. The standard InChI is InChI=1S/C21H28N2O4/c1-16(18-15-26-21(2,3)27-18)20(25)23-14-8-7-13-22-19(24)12-11-17-9-5-4-6-10-17/h4-6,9-12,18H,1,7-8,13-15H2,2-3H3,(H,22,24)(H,23,25)/b12-11+/t18-/m1/s1. The third kappa shape index (κ3) is 7.37. The summed E-state index contributed by atoms with van der Waals surface area (Å²) in [6, 6.07) is 9.65. The molecular formula is C21H28N2O4. The van der Waals surface area contributed by atoms with Crippen molar-refractivity contribution in [1.29, 1.82) is 0 Å². The van der Waals surface area contributed by atoms with E-state index in [1.54, 1.807) is 6.08 Å². The van der Waals surface area contributed by atoms with Gasteiger partial charge in [-0.1, -0.05) is 36.9 Å². The van der Waals surface area contributed by atoms with E-state index in [-0.39, 0.29) is 11.8 Å². The first-order valence-corrected chi connectivity index (χ1v) is 9.17. The van der Waals surface area contributed by atoms with Crippen LogP contribution in [0.15, 0.2) is 48.6 Å². The fraction of sp³-hybridized carbons (Fsp3) is 0.429. The summed E-state index contributed by atoms with van der Waals surface area (Å²) in [5.41, 5.74) is 1.36. The Hall–Kier alpha value is -2.44. The number of benzene rings is 1. The Labute approximate surface area is 160 Å². The second kappa shape index (κ2) is 10.0. The van der Waals surface area contributed by atoms with Gasteiger partial charge < -0.3 is 20.1 Å². The molecule has 1 aromatic rings. The molecule has 146 valence electrons. The Morgan fingerprint density at radius 2 is 1.85 bits per heavy atom. The van der Waals surface area contributed by atoms with E-state index in [4.69, 9.17) is 9.47 Å². The van der Waals surface area contributed by atoms with Crippen molar-refractivity contribution in [3.05, 3.63) is 54.1 Å². The normalized spacial score (nSPS) is 18.4. The van der Waals surface area contributed by atoms with Gasteiger partial charge in [-0.25, -0.2) is 0 Å². The number of nitrogens with one attached hydrogen (secondary N) is 2. The summed E-state index contributed by atoms with van der Waals surface area (Å²) < 4.78 is 11.1. The molecule has 1 atom stereocenters. The first-order chi connectivity index (χ1) is 12.9. The van der Waals surface area contributed by atoms with Crippen molar-refractivity contribution >= 4 is 17.9 Å². The van der Waals surface area contributed by atoms with Gasteiger partial charge in [0, 0.05) is 24.7 Å². The topological polar surface area (TPSA) is 76.7 Å². The van der Waals surface area contributed by atoms with Gasteiger partial charge in [0.05, 0.1) is 6.61 Å². The van der Waals surface area contributed by atoms with Crippen LogP contribution in [0, 0.1) is 0 Å². The summed E-state index contributed by atoms with van der Waals surface area (Å²) >= 11 is 0. The lowest BCUT2D eigenvalue weighted by molar-refractivity contribution is -0.136. The van der Waals surface area contributed by atoms with E-state index >= 15 is 0 Å². The molecule has 2 rings (SSSR count). The number of hydrogen-bond acceptors (Lipinski definition) is 4. The summed E-state index contributed by atoms with van der Waals surface area (Å²) in [4.78, 5) is 23.8. The molecule has 1 aromatic carbocycles. The number of carbonyl (C=O) groups excluding carboxylic acids is 2. The zero-order chi connectivity index (χ0) is 19.7. The quantitative estimate of drug-likeness (QED) is 0.516. The Balaban J connectivity index is 1.55. The lowest BCUT2D eigenvalue weighted by Gasteiger charge is -2.18. The van der Waals surface area contributed by atoms with Gasteiger partial charge in [-0.2, -0.15) is 0 Å². The smallest absolute Gasteiger partial charge is 0.249 e. The van der Waals surface area contributed by atoms with E-state index in [2.05, 4.69) is 17.2 Å². The number of amides is 2. The highest BCUT2D eigenvalue weighted by Crippen LogP contribution is 2.25. The van der Waals surface area contributed by atoms with Crippen molar-refractivity contribution in [2.45, 2.75) is 38.6 Å². The van der Waals surface area contributed by atoms with Gasteiger partial charge in [-0.15, -0.1) is 0 Å². The van der Waals surface area contributed by atoms with Crippen molar-refractivity contribution in [2.24, 2.45) is 0 Å². The maximum Gasteiger partial charge on any atom is 0.249 e. The molecule has 1 fully saturated rings. The Morgan fingerprint density at radius 1 is 1.19 bits per heavy atom. The number of unbranched alkanes of at least 4 members (excludes halogenated alkanes) is 1. The minimum atomic E-state index is -0.680. The SMILES string of the molecule is C=C(C(=O)NCCCCNC(=O)/C=C/c1ccccc1)[C@H]1COC(C)(C)O1. The molecule has 1 aliphatic heterocycles. The average molecular weight is 372 g/mol. The number of ether oxygens (including phenoxy) is 2. The molecule has 6 heteroatoms. The predicted molar refractivity (Wildman–Crippen MR) is 105 cm³/mol. The van der Waals surface area contributed by atoms with Crippen LogP contribution >= 0.6 is 0 Å². The lowest BCUT2D eigenvalue weighted by Crippen LogP contribution is -2.33. The van der Waals surface area contributed by atoms with Crippen molar-refractivity contribution in [3.8, 4) is 0 Å². The summed E-state index contributed by atoms with van der Waals surface area (Å²) in [5, 5.41) is 5.65. The van der Waals surface area contributed by atoms with Crippen LogP contribution < -0.4 is 10.6 Å². The molecule has 0 unspecified atom stereocenters. The fourth-order valence-corrected chi connectivity index (χ4v) is 2.58. The van der Waals surface area contributed by atoms with Gasteiger partial charge >= 0.3 is 0 Å². The minimum absolute atomic E-state index is 0.128. The van der Waals surface area contributed by atoms with Crippen LogP contribution in [-0.4, -0.2) is 43.4 Å². The Morgan fingerprint density at radius 3 is 2.48 bits per heavy atom. The number of carbonyl (C=O) groups is 2. The lowest BCUT2D eigenvalue weighted by atomic mass is 10.1. The zero-order valence-corrected chi connectivity index (χ0v) is 16.0. The van der Waals surface area contributed by atoms with E-state index in [1.807, 2.05) is 44.2 Å². The van der Waals surface area contributed by atoms with E-state index in [9.17, 15) is 9.59 Å². The van der Waals surface area contributed by atoms with E-state index in [0.29, 0.717) is 25.3 Å². The first-order valence-electron chi connectivity index (χ1n) is 9.17. The minimum Gasteiger partial charge on any atom is -0.353 e.